The summed E-state index contributed by atoms with van der Waals surface area (Å²) >= 11 is 0. The fourth-order valence-electron chi connectivity index (χ4n) is 4.22. The second-order valence-electron chi connectivity index (χ2n) is 9.81. The van der Waals surface area contributed by atoms with Crippen molar-refractivity contribution in [1.29, 1.82) is 5.26 Å². The zero-order chi connectivity index (χ0) is 35.5. The minimum absolute atomic E-state index is 0. The van der Waals surface area contributed by atoms with Crippen molar-refractivity contribution >= 4 is 34.7 Å². The van der Waals surface area contributed by atoms with E-state index in [1.807, 2.05) is 47.6 Å². The number of hydrogen-bond donors (Lipinski definition) is 1. The van der Waals surface area contributed by atoms with Crippen LogP contribution in [0.5, 0.6) is 0 Å². The Balaban J connectivity index is -0.000000748. The first kappa shape index (κ1) is 47.4. The van der Waals surface area contributed by atoms with Gasteiger partial charge in [-0.3, -0.25) is 14.5 Å². The van der Waals surface area contributed by atoms with Crippen molar-refractivity contribution in [2.45, 2.75) is 107 Å². The number of ether oxygens (including phenoxy) is 2. The van der Waals surface area contributed by atoms with Crippen molar-refractivity contribution in [3.63, 3.8) is 0 Å². The highest BCUT2D eigenvalue weighted by Gasteiger charge is 2.37. The van der Waals surface area contributed by atoms with Gasteiger partial charge in [0.2, 0.25) is 18.2 Å². The van der Waals surface area contributed by atoms with Gasteiger partial charge in [0.25, 0.3) is 0 Å². The molecule has 0 aliphatic rings. The van der Waals surface area contributed by atoms with Gasteiger partial charge in [-0.05, 0) is 31.4 Å². The average Bonchev–Trinajstić information content (AvgIpc) is 3.09. The number of nitriles is 1. The van der Waals surface area contributed by atoms with E-state index in [4.69, 9.17) is 19.6 Å². The Bertz CT molecular complexity index is 1230. The molecule has 0 radical (unpaired) electrons. The van der Waals surface area contributed by atoms with Crippen LogP contribution in [0.25, 0.3) is 10.8 Å². The minimum Gasteiger partial charge on any atom is -0.478 e. The highest BCUT2D eigenvalue weighted by atomic mass is 16.6. The maximum absolute atomic E-state index is 11.4. The fraction of sp³-hybridized carbons (Fsp3) is 0.526. The number of aliphatic hydroxyl groups is 1. The topological polar surface area (TPSA) is 121 Å². The molecule has 47 heavy (non-hydrogen) atoms. The number of amides is 2. The van der Waals surface area contributed by atoms with E-state index in [0.717, 1.165) is 16.7 Å². The number of nitrogens with zero attached hydrogens (tertiary/aromatic N) is 3. The van der Waals surface area contributed by atoms with Crippen LogP contribution in [0.3, 0.4) is 0 Å². The van der Waals surface area contributed by atoms with Gasteiger partial charge in [0.1, 0.15) is 6.61 Å². The van der Waals surface area contributed by atoms with Crippen molar-refractivity contribution in [3.8, 4) is 6.07 Å². The van der Waals surface area contributed by atoms with E-state index in [1.165, 1.54) is 6.92 Å². The Morgan fingerprint density at radius 2 is 1.68 bits per heavy atom. The summed E-state index contributed by atoms with van der Waals surface area (Å²) < 4.78 is 11.6. The molecular weight excluding hydrogens is 594 g/mol. The maximum atomic E-state index is 11.4. The number of benzene rings is 2. The number of imide groups is 1. The first-order chi connectivity index (χ1) is 22.1. The molecule has 0 saturated heterocycles. The molecule has 264 valence electrons. The summed E-state index contributed by atoms with van der Waals surface area (Å²) in [4.78, 5) is 28.5. The summed E-state index contributed by atoms with van der Waals surface area (Å²) in [6.07, 6.45) is 6.20. The second-order valence-corrected chi connectivity index (χ2v) is 9.81. The third kappa shape index (κ3) is 15.9. The standard InChI is InChI=1S/C19H35NO4.C14H10N2O2.2C2H6.CH4/c1-7-12-18(20-24-13-8-2)22-14-11-15-23-19(6,16(5)9-3)17(21)10-4;1-10(18)16(9-17)14-7-6-11(8-15)12-4-2-3-5-13(12)14;2*1-2;/h7-8,16-17,21H,1-2,9-15H2,3-6H3;2-7,9H,1H3;2*1-2H3;1H4/b20-18+;;;;. The number of oxime groups is 1. The Kier molecular flexibility index (Phi) is 28.5. The van der Waals surface area contributed by atoms with Gasteiger partial charge in [-0.25, -0.2) is 0 Å². The lowest BCUT2D eigenvalue weighted by Crippen LogP contribution is -2.47. The lowest BCUT2D eigenvalue weighted by atomic mass is 9.82. The van der Waals surface area contributed by atoms with Crippen LogP contribution in [0.1, 0.15) is 101 Å². The number of anilines is 1. The summed E-state index contributed by atoms with van der Waals surface area (Å²) in [7, 11) is 0. The van der Waals surface area contributed by atoms with E-state index in [-0.39, 0.29) is 19.3 Å². The molecule has 3 atom stereocenters. The summed E-state index contributed by atoms with van der Waals surface area (Å²) in [5, 5.41) is 24.7. The van der Waals surface area contributed by atoms with Crippen LogP contribution >= 0.6 is 0 Å². The van der Waals surface area contributed by atoms with Crippen LogP contribution in [0, 0.1) is 17.2 Å². The van der Waals surface area contributed by atoms with Gasteiger partial charge in [0.05, 0.1) is 42.2 Å². The molecule has 0 aliphatic heterocycles. The van der Waals surface area contributed by atoms with E-state index in [2.05, 4.69) is 38.2 Å². The third-order valence-electron chi connectivity index (χ3n) is 7.01. The molecule has 0 bridgehead atoms. The van der Waals surface area contributed by atoms with Gasteiger partial charge in [-0.1, -0.05) is 110 Å². The number of carbonyl (C=O) groups is 2. The van der Waals surface area contributed by atoms with Gasteiger partial charge in [0, 0.05) is 30.5 Å². The van der Waals surface area contributed by atoms with E-state index < -0.39 is 11.7 Å². The molecular formula is C38H61N3O6. The zero-order valence-electron chi connectivity index (χ0n) is 29.5. The van der Waals surface area contributed by atoms with Gasteiger partial charge in [-0.15, -0.1) is 6.58 Å². The molecule has 2 aromatic carbocycles. The minimum atomic E-state index is -0.533. The number of hydrogen-bond acceptors (Lipinski definition) is 8. The maximum Gasteiger partial charge on any atom is 0.230 e. The van der Waals surface area contributed by atoms with E-state index in [9.17, 15) is 14.7 Å². The lowest BCUT2D eigenvalue weighted by molar-refractivity contribution is -0.145. The lowest BCUT2D eigenvalue weighted by Gasteiger charge is -2.39. The van der Waals surface area contributed by atoms with Crippen LogP contribution in [0.4, 0.5) is 5.69 Å². The van der Waals surface area contributed by atoms with Gasteiger partial charge in [0.15, 0.2) is 0 Å². The Morgan fingerprint density at radius 3 is 2.17 bits per heavy atom. The molecule has 2 aromatic rings. The van der Waals surface area contributed by atoms with Crippen molar-refractivity contribution in [2.75, 3.05) is 24.7 Å². The number of aliphatic hydroxyl groups excluding tert-OH is 1. The molecule has 3 unspecified atom stereocenters. The zero-order valence-corrected chi connectivity index (χ0v) is 29.5. The Morgan fingerprint density at radius 1 is 1.06 bits per heavy atom. The van der Waals surface area contributed by atoms with Crippen molar-refractivity contribution in [3.05, 3.63) is 67.3 Å². The van der Waals surface area contributed by atoms with Crippen LogP contribution in [-0.2, 0) is 23.9 Å². The number of fused-ring (bicyclic) bond motifs is 1. The SMILES string of the molecule is C.C=CCO/N=C(\CC=C)OCCCOC(C)(C(C)CC)C(O)CC.CC.CC.CC(=O)N(C=O)c1ccc(C#N)c2ccccc12. The van der Waals surface area contributed by atoms with Crippen LogP contribution < -0.4 is 4.90 Å². The second kappa shape index (κ2) is 28.2. The average molecular weight is 656 g/mol. The molecule has 0 saturated carbocycles. The van der Waals surface area contributed by atoms with Crippen LogP contribution in [0.15, 0.2) is 66.9 Å². The number of rotatable bonds is 16. The Labute approximate surface area is 284 Å². The Hall–Kier alpha value is -4.00. The predicted molar refractivity (Wildman–Crippen MR) is 196 cm³/mol. The van der Waals surface area contributed by atoms with Crippen LogP contribution in [0.2, 0.25) is 0 Å². The molecule has 9 heteroatoms. The first-order valence-corrected chi connectivity index (χ1v) is 16.2. The monoisotopic (exact) mass is 655 g/mol. The summed E-state index contributed by atoms with van der Waals surface area (Å²) in [6.45, 7) is 26.1. The van der Waals surface area contributed by atoms with E-state index in [0.29, 0.717) is 68.0 Å². The van der Waals surface area contributed by atoms with Crippen LogP contribution in [-0.4, -0.2) is 54.8 Å². The molecule has 1 N–H and O–H groups in total. The first-order valence-electron chi connectivity index (χ1n) is 16.2. The molecule has 0 spiro atoms. The van der Waals surface area contributed by atoms with Gasteiger partial charge in [-0.2, -0.15) is 5.26 Å². The van der Waals surface area contributed by atoms with Crippen molar-refractivity contribution in [2.24, 2.45) is 11.1 Å². The predicted octanol–water partition coefficient (Wildman–Crippen LogP) is 8.99. The summed E-state index contributed by atoms with van der Waals surface area (Å²) in [5.74, 6) is 0.406. The largest absolute Gasteiger partial charge is 0.478 e. The quantitative estimate of drug-likeness (QED) is 0.0478. The molecule has 0 aliphatic carbocycles. The smallest absolute Gasteiger partial charge is 0.230 e. The summed E-state index contributed by atoms with van der Waals surface area (Å²) in [5.41, 5.74) is 0.477. The fourth-order valence-corrected chi connectivity index (χ4v) is 4.22. The molecule has 2 amide bonds. The summed E-state index contributed by atoms with van der Waals surface area (Å²) in [6, 6.07) is 12.5. The third-order valence-corrected chi connectivity index (χ3v) is 7.01. The van der Waals surface area contributed by atoms with Gasteiger partial charge < -0.3 is 19.4 Å². The molecule has 9 nitrogen and oxygen atoms in total. The van der Waals surface area contributed by atoms with E-state index in [1.54, 1.807) is 42.5 Å². The molecule has 0 aromatic heterocycles. The van der Waals surface area contributed by atoms with Crippen molar-refractivity contribution < 1.29 is 29.0 Å². The molecule has 0 fully saturated rings. The van der Waals surface area contributed by atoms with Gasteiger partial charge >= 0.3 is 0 Å². The highest BCUT2D eigenvalue weighted by molar-refractivity contribution is 6.12. The molecule has 0 heterocycles. The van der Waals surface area contributed by atoms with Crippen molar-refractivity contribution in [1.82, 2.24) is 0 Å². The molecule has 2 rings (SSSR count). The number of carbonyl (C=O) groups excluding carboxylic acids is 2. The van der Waals surface area contributed by atoms with E-state index >= 15 is 0 Å². The highest BCUT2D eigenvalue weighted by Crippen LogP contribution is 2.30. The normalized spacial score (nSPS) is 12.6.